The minimum absolute atomic E-state index is 0.176. The molecule has 0 spiro atoms. The number of hydrogen-bond donors (Lipinski definition) is 0. The van der Waals surface area contributed by atoms with Gasteiger partial charge in [-0.25, -0.2) is 0 Å². The van der Waals surface area contributed by atoms with Gasteiger partial charge in [-0.15, -0.1) is 0 Å². The third kappa shape index (κ3) is 4.23. The lowest BCUT2D eigenvalue weighted by Crippen LogP contribution is -2.38. The van der Waals surface area contributed by atoms with E-state index < -0.39 is 0 Å². The molecule has 4 aliphatic rings. The van der Waals surface area contributed by atoms with E-state index in [1.807, 2.05) is 7.11 Å². The first-order valence-electron chi connectivity index (χ1n) is 13.8. The molecule has 2 fully saturated rings. The van der Waals surface area contributed by atoms with E-state index in [4.69, 9.17) is 9.47 Å². The van der Waals surface area contributed by atoms with E-state index in [1.54, 1.807) is 0 Å². The zero-order valence-electron chi connectivity index (χ0n) is 22.1. The maximum Gasteiger partial charge on any atom is 0.106 e. The molecule has 2 saturated carbocycles. The SMILES string of the molecule is CC[C@@H](CCC(C)C1CCC2C3=CCC4C[C@@H](OC)CC[C@]4(C)C(=CC[C@@]21C)O3)C(C)C. The molecule has 4 rings (SSSR count). The van der Waals surface area contributed by atoms with Crippen molar-refractivity contribution >= 4 is 0 Å². The van der Waals surface area contributed by atoms with Crippen molar-refractivity contribution in [3.05, 3.63) is 23.7 Å². The van der Waals surface area contributed by atoms with Crippen LogP contribution in [0.1, 0.15) is 106 Å². The Labute approximate surface area is 198 Å². The highest BCUT2D eigenvalue weighted by molar-refractivity contribution is 5.25. The second-order valence-corrected chi connectivity index (χ2v) is 12.7. The Morgan fingerprint density at radius 3 is 2.56 bits per heavy atom. The van der Waals surface area contributed by atoms with Crippen molar-refractivity contribution in [2.45, 2.75) is 112 Å². The monoisotopic (exact) mass is 442 g/mol. The zero-order valence-corrected chi connectivity index (χ0v) is 22.1. The van der Waals surface area contributed by atoms with Gasteiger partial charge in [0.2, 0.25) is 0 Å². The maximum atomic E-state index is 6.85. The van der Waals surface area contributed by atoms with Crippen molar-refractivity contribution in [1.29, 1.82) is 0 Å². The van der Waals surface area contributed by atoms with Crippen LogP contribution in [-0.2, 0) is 9.47 Å². The summed E-state index contributed by atoms with van der Waals surface area (Å²) in [5.74, 6) is 7.17. The molecule has 4 unspecified atom stereocenters. The van der Waals surface area contributed by atoms with Gasteiger partial charge in [-0.3, -0.25) is 0 Å². The third-order valence-corrected chi connectivity index (χ3v) is 10.8. The van der Waals surface area contributed by atoms with Crippen molar-refractivity contribution in [2.75, 3.05) is 7.11 Å². The summed E-state index contributed by atoms with van der Waals surface area (Å²) in [6, 6.07) is 0. The number of methoxy groups -OCH3 is 1. The van der Waals surface area contributed by atoms with E-state index in [2.05, 4.69) is 53.7 Å². The van der Waals surface area contributed by atoms with Crippen molar-refractivity contribution in [3.8, 4) is 0 Å². The van der Waals surface area contributed by atoms with E-state index in [0.29, 0.717) is 23.4 Å². The van der Waals surface area contributed by atoms with Crippen LogP contribution in [-0.4, -0.2) is 13.2 Å². The van der Waals surface area contributed by atoms with Crippen LogP contribution in [0.4, 0.5) is 0 Å². The van der Waals surface area contributed by atoms with Gasteiger partial charge < -0.3 is 9.47 Å². The average Bonchev–Trinajstić information content (AvgIpc) is 2.94. The fourth-order valence-electron chi connectivity index (χ4n) is 8.25. The van der Waals surface area contributed by atoms with E-state index in [0.717, 1.165) is 36.5 Å². The molecule has 0 aromatic carbocycles. The second-order valence-electron chi connectivity index (χ2n) is 12.7. The molecule has 182 valence electrons. The molecule has 2 bridgehead atoms. The Morgan fingerprint density at radius 1 is 1.09 bits per heavy atom. The van der Waals surface area contributed by atoms with Crippen LogP contribution < -0.4 is 0 Å². The first-order valence-corrected chi connectivity index (χ1v) is 13.8. The molecule has 2 heteroatoms. The predicted octanol–water partition coefficient (Wildman–Crippen LogP) is 8.53. The summed E-state index contributed by atoms with van der Waals surface area (Å²) in [6.07, 6.45) is 18.1. The van der Waals surface area contributed by atoms with Crippen LogP contribution in [0.3, 0.4) is 0 Å². The van der Waals surface area contributed by atoms with E-state index >= 15 is 0 Å². The molecular weight excluding hydrogens is 392 g/mol. The van der Waals surface area contributed by atoms with Gasteiger partial charge >= 0.3 is 0 Å². The molecular formula is C30H50O2. The topological polar surface area (TPSA) is 18.5 Å². The van der Waals surface area contributed by atoms with E-state index in [9.17, 15) is 0 Å². The Morgan fingerprint density at radius 2 is 1.88 bits per heavy atom. The molecule has 32 heavy (non-hydrogen) atoms. The third-order valence-electron chi connectivity index (χ3n) is 10.8. The number of ether oxygens (including phenoxy) is 2. The summed E-state index contributed by atoms with van der Waals surface area (Å²) in [5.41, 5.74) is 0.522. The van der Waals surface area contributed by atoms with Gasteiger partial charge in [0.25, 0.3) is 0 Å². The number of fused-ring (bicyclic) bond motifs is 6. The van der Waals surface area contributed by atoms with Crippen LogP contribution >= 0.6 is 0 Å². The van der Waals surface area contributed by atoms with E-state index in [-0.39, 0.29) is 5.41 Å². The van der Waals surface area contributed by atoms with Gasteiger partial charge in [0.05, 0.1) is 6.10 Å². The Kier molecular flexibility index (Phi) is 7.21. The number of rotatable bonds is 7. The Hall–Kier alpha value is -0.760. The minimum atomic E-state index is 0.176. The van der Waals surface area contributed by atoms with Gasteiger partial charge in [0, 0.05) is 18.4 Å². The largest absolute Gasteiger partial charge is 0.466 e. The lowest BCUT2D eigenvalue weighted by molar-refractivity contribution is -0.00758. The van der Waals surface area contributed by atoms with Gasteiger partial charge in [-0.1, -0.05) is 54.4 Å². The number of allylic oxidation sites excluding steroid dienone is 4. The first-order chi connectivity index (χ1) is 15.2. The van der Waals surface area contributed by atoms with Gasteiger partial charge in [0.15, 0.2) is 0 Å². The highest BCUT2D eigenvalue weighted by Crippen LogP contribution is 2.61. The highest BCUT2D eigenvalue weighted by atomic mass is 16.5. The highest BCUT2D eigenvalue weighted by Gasteiger charge is 2.54. The van der Waals surface area contributed by atoms with Crippen LogP contribution in [0.25, 0.3) is 0 Å². The normalized spacial score (nSPS) is 40.9. The summed E-state index contributed by atoms with van der Waals surface area (Å²) in [5, 5.41) is 0. The first kappa shape index (κ1) is 24.4. The van der Waals surface area contributed by atoms with Crippen molar-refractivity contribution < 1.29 is 9.47 Å². The molecule has 2 aliphatic carbocycles. The van der Waals surface area contributed by atoms with Crippen LogP contribution in [0.15, 0.2) is 23.7 Å². The smallest absolute Gasteiger partial charge is 0.106 e. The molecule has 8 atom stereocenters. The van der Waals surface area contributed by atoms with Crippen LogP contribution in [0.5, 0.6) is 0 Å². The fraction of sp³-hybridized carbons (Fsp3) is 0.867. The fourth-order valence-corrected chi connectivity index (χ4v) is 8.25. The molecule has 0 aromatic rings. The number of hydrogen-bond acceptors (Lipinski definition) is 2. The van der Waals surface area contributed by atoms with E-state index in [1.165, 1.54) is 62.9 Å². The average molecular weight is 443 g/mol. The summed E-state index contributed by atoms with van der Waals surface area (Å²) in [7, 11) is 1.89. The molecule has 0 aromatic heterocycles. The lowest BCUT2D eigenvalue weighted by Gasteiger charge is -2.43. The summed E-state index contributed by atoms with van der Waals surface area (Å²) in [4.78, 5) is 0. The van der Waals surface area contributed by atoms with Gasteiger partial charge in [0.1, 0.15) is 11.5 Å². The predicted molar refractivity (Wildman–Crippen MR) is 134 cm³/mol. The Bertz CT molecular complexity index is 720. The molecule has 2 aliphatic heterocycles. The van der Waals surface area contributed by atoms with Gasteiger partial charge in [-0.2, -0.15) is 0 Å². The standard InChI is InChI=1S/C30H50O2/c1-8-22(20(2)3)10-9-21(4)25-12-13-26-27-14-11-23-19-24(31-7)15-17-29(23,5)28(32-27)16-18-30(25,26)6/h14,16,20-26H,8-13,15,17-19H2,1-7H3/t21?,22-,23?,24-,25?,26?,29-,30+/m0/s1. The molecule has 0 saturated heterocycles. The summed E-state index contributed by atoms with van der Waals surface area (Å²) in [6.45, 7) is 14.8. The molecule has 0 N–H and O–H groups in total. The van der Waals surface area contributed by atoms with Crippen molar-refractivity contribution in [1.82, 2.24) is 0 Å². The summed E-state index contributed by atoms with van der Waals surface area (Å²) < 4.78 is 12.6. The van der Waals surface area contributed by atoms with Gasteiger partial charge in [-0.05, 0) is 98.5 Å². The molecule has 2 heterocycles. The molecule has 2 nitrogen and oxygen atoms in total. The van der Waals surface area contributed by atoms with Crippen molar-refractivity contribution in [3.63, 3.8) is 0 Å². The summed E-state index contributed by atoms with van der Waals surface area (Å²) >= 11 is 0. The van der Waals surface area contributed by atoms with Crippen LogP contribution in [0, 0.1) is 46.3 Å². The Balaban J connectivity index is 1.54. The lowest BCUT2D eigenvalue weighted by atomic mass is 9.62. The molecule has 0 radical (unpaired) electrons. The second kappa shape index (κ2) is 9.47. The minimum Gasteiger partial charge on any atom is -0.466 e. The van der Waals surface area contributed by atoms with Crippen molar-refractivity contribution in [2.24, 2.45) is 46.3 Å². The molecule has 0 amide bonds. The maximum absolute atomic E-state index is 6.85. The van der Waals surface area contributed by atoms with Crippen LogP contribution in [0.2, 0.25) is 0 Å². The quantitative estimate of drug-likeness (QED) is 0.393. The zero-order chi connectivity index (χ0) is 23.1.